The molecular formula is C16H23N3O. The molecule has 0 amide bonds. The van der Waals surface area contributed by atoms with E-state index in [2.05, 4.69) is 18.9 Å². The monoisotopic (exact) mass is 273 g/mol. The smallest absolute Gasteiger partial charge is 0.119 e. The average molecular weight is 273 g/mol. The van der Waals surface area contributed by atoms with E-state index in [1.807, 2.05) is 42.8 Å². The Hall–Kier alpha value is -1.81. The summed E-state index contributed by atoms with van der Waals surface area (Å²) in [5.74, 6) is 1.21. The summed E-state index contributed by atoms with van der Waals surface area (Å²) in [5, 5.41) is 4.65. The van der Waals surface area contributed by atoms with E-state index in [-0.39, 0.29) is 0 Å². The van der Waals surface area contributed by atoms with Crippen molar-refractivity contribution in [1.29, 1.82) is 0 Å². The van der Waals surface area contributed by atoms with Crippen LogP contribution >= 0.6 is 0 Å². The Morgan fingerprint density at radius 2 is 1.90 bits per heavy atom. The van der Waals surface area contributed by atoms with Gasteiger partial charge in [0.05, 0.1) is 18.0 Å². The van der Waals surface area contributed by atoms with Gasteiger partial charge in [-0.05, 0) is 57.5 Å². The van der Waals surface area contributed by atoms with Gasteiger partial charge in [0.1, 0.15) is 5.75 Å². The van der Waals surface area contributed by atoms with Crippen LogP contribution in [0.4, 0.5) is 0 Å². The molecule has 1 unspecified atom stereocenters. The summed E-state index contributed by atoms with van der Waals surface area (Å²) >= 11 is 0. The Morgan fingerprint density at radius 3 is 2.45 bits per heavy atom. The van der Waals surface area contributed by atoms with Crippen LogP contribution in [0.1, 0.15) is 36.7 Å². The number of ether oxygens (including phenoxy) is 1. The van der Waals surface area contributed by atoms with Gasteiger partial charge in [-0.3, -0.25) is 0 Å². The molecule has 0 bridgehead atoms. The molecule has 20 heavy (non-hydrogen) atoms. The maximum Gasteiger partial charge on any atom is 0.119 e. The zero-order valence-electron chi connectivity index (χ0n) is 12.7. The first kappa shape index (κ1) is 14.6. The topological polar surface area (TPSA) is 53.1 Å². The van der Waals surface area contributed by atoms with Crippen LogP contribution in [0.5, 0.6) is 5.75 Å². The molecule has 4 nitrogen and oxygen atoms in total. The lowest BCUT2D eigenvalue weighted by molar-refractivity contribution is 0.340. The van der Waals surface area contributed by atoms with E-state index in [9.17, 15) is 0 Å². The van der Waals surface area contributed by atoms with Gasteiger partial charge < -0.3 is 10.5 Å². The Kier molecular flexibility index (Phi) is 4.45. The summed E-state index contributed by atoms with van der Waals surface area (Å²) < 4.78 is 7.44. The first-order valence-corrected chi connectivity index (χ1v) is 7.07. The van der Waals surface area contributed by atoms with Crippen LogP contribution in [-0.2, 0) is 0 Å². The number of hydrogen-bond acceptors (Lipinski definition) is 3. The second kappa shape index (κ2) is 6.09. The Labute approximate surface area is 120 Å². The molecule has 0 saturated heterocycles. The highest BCUT2D eigenvalue weighted by molar-refractivity contribution is 5.41. The molecule has 0 saturated carbocycles. The first-order chi connectivity index (χ1) is 9.58. The predicted octanol–water partition coefficient (Wildman–Crippen LogP) is 2.95. The fourth-order valence-corrected chi connectivity index (χ4v) is 2.59. The van der Waals surface area contributed by atoms with Crippen molar-refractivity contribution >= 4 is 0 Å². The third-order valence-corrected chi connectivity index (χ3v) is 3.59. The standard InChI is InChI=1S/C16H23N3O/c1-5-20-15-8-6-14(7-9-15)19-13(4)16(11(2)10-17)12(3)18-19/h6-9,11H,5,10,17H2,1-4H3. The SMILES string of the molecule is CCOc1ccc(-n2nc(C)c(C(C)CN)c2C)cc1. The Morgan fingerprint density at radius 1 is 1.25 bits per heavy atom. The van der Waals surface area contributed by atoms with Crippen LogP contribution in [0.25, 0.3) is 5.69 Å². The van der Waals surface area contributed by atoms with Crippen molar-refractivity contribution in [3.05, 3.63) is 41.2 Å². The zero-order valence-corrected chi connectivity index (χ0v) is 12.7. The molecule has 1 heterocycles. The maximum atomic E-state index is 5.79. The molecule has 0 fully saturated rings. The van der Waals surface area contributed by atoms with E-state index in [1.54, 1.807) is 0 Å². The minimum absolute atomic E-state index is 0.325. The van der Waals surface area contributed by atoms with E-state index in [4.69, 9.17) is 10.5 Å². The summed E-state index contributed by atoms with van der Waals surface area (Å²) in [6.07, 6.45) is 0. The summed E-state index contributed by atoms with van der Waals surface area (Å²) in [6, 6.07) is 8.01. The average Bonchev–Trinajstić information content (AvgIpc) is 2.74. The minimum atomic E-state index is 0.325. The van der Waals surface area contributed by atoms with Crippen LogP contribution in [-0.4, -0.2) is 22.9 Å². The lowest BCUT2D eigenvalue weighted by atomic mass is 9.99. The predicted molar refractivity (Wildman–Crippen MR) is 81.7 cm³/mol. The van der Waals surface area contributed by atoms with Crippen molar-refractivity contribution in [2.45, 2.75) is 33.6 Å². The fourth-order valence-electron chi connectivity index (χ4n) is 2.59. The van der Waals surface area contributed by atoms with Gasteiger partial charge in [0.15, 0.2) is 0 Å². The summed E-state index contributed by atoms with van der Waals surface area (Å²) in [6.45, 7) is 9.57. The van der Waals surface area contributed by atoms with Gasteiger partial charge in [-0.25, -0.2) is 4.68 Å². The molecule has 108 valence electrons. The quantitative estimate of drug-likeness (QED) is 0.911. The molecule has 0 aliphatic rings. The molecule has 0 aliphatic carbocycles. The second-order valence-electron chi connectivity index (χ2n) is 5.06. The molecule has 2 rings (SSSR count). The molecule has 0 spiro atoms. The molecular weight excluding hydrogens is 250 g/mol. The molecule has 1 atom stereocenters. The van der Waals surface area contributed by atoms with Gasteiger partial charge in [-0.2, -0.15) is 5.10 Å². The van der Waals surface area contributed by atoms with Gasteiger partial charge in [-0.15, -0.1) is 0 Å². The van der Waals surface area contributed by atoms with Crippen LogP contribution < -0.4 is 10.5 Å². The van der Waals surface area contributed by atoms with Gasteiger partial charge >= 0.3 is 0 Å². The van der Waals surface area contributed by atoms with Gasteiger partial charge in [0.2, 0.25) is 0 Å². The van der Waals surface area contributed by atoms with Gasteiger partial charge in [0.25, 0.3) is 0 Å². The first-order valence-electron chi connectivity index (χ1n) is 7.07. The highest BCUT2D eigenvalue weighted by Crippen LogP contribution is 2.25. The van der Waals surface area contributed by atoms with Crippen LogP contribution in [0.2, 0.25) is 0 Å². The highest BCUT2D eigenvalue weighted by Gasteiger charge is 2.17. The maximum absolute atomic E-state index is 5.79. The fraction of sp³-hybridized carbons (Fsp3) is 0.438. The molecule has 1 aromatic carbocycles. The van der Waals surface area contributed by atoms with Gasteiger partial charge in [-0.1, -0.05) is 6.92 Å². The van der Waals surface area contributed by atoms with Crippen molar-refractivity contribution in [3.8, 4) is 11.4 Å². The molecule has 4 heteroatoms. The highest BCUT2D eigenvalue weighted by atomic mass is 16.5. The number of nitrogens with zero attached hydrogens (tertiary/aromatic N) is 2. The van der Waals surface area contributed by atoms with E-state index >= 15 is 0 Å². The Bertz CT molecular complexity index is 572. The zero-order chi connectivity index (χ0) is 14.7. The van der Waals surface area contributed by atoms with E-state index in [1.165, 1.54) is 5.56 Å². The molecule has 2 N–H and O–H groups in total. The van der Waals surface area contributed by atoms with Crippen molar-refractivity contribution < 1.29 is 4.74 Å². The van der Waals surface area contributed by atoms with E-state index in [0.717, 1.165) is 22.8 Å². The molecule has 0 aliphatic heterocycles. The lowest BCUT2D eigenvalue weighted by Gasteiger charge is -2.10. The largest absolute Gasteiger partial charge is 0.494 e. The van der Waals surface area contributed by atoms with Crippen LogP contribution in [0, 0.1) is 13.8 Å². The number of rotatable bonds is 5. The number of aryl methyl sites for hydroxylation is 1. The number of nitrogens with two attached hydrogens (primary N) is 1. The van der Waals surface area contributed by atoms with Gasteiger partial charge in [0, 0.05) is 11.3 Å². The van der Waals surface area contributed by atoms with E-state index < -0.39 is 0 Å². The van der Waals surface area contributed by atoms with Crippen molar-refractivity contribution in [3.63, 3.8) is 0 Å². The number of aromatic nitrogens is 2. The number of benzene rings is 1. The van der Waals surface area contributed by atoms with Crippen molar-refractivity contribution in [2.24, 2.45) is 5.73 Å². The summed E-state index contributed by atoms with van der Waals surface area (Å²) in [7, 11) is 0. The van der Waals surface area contributed by atoms with Crippen LogP contribution in [0.3, 0.4) is 0 Å². The Balaban J connectivity index is 2.38. The second-order valence-corrected chi connectivity index (χ2v) is 5.06. The normalized spacial score (nSPS) is 12.4. The van der Waals surface area contributed by atoms with Crippen LogP contribution in [0.15, 0.2) is 24.3 Å². The summed E-state index contributed by atoms with van der Waals surface area (Å²) in [4.78, 5) is 0. The lowest BCUT2D eigenvalue weighted by Crippen LogP contribution is -2.10. The minimum Gasteiger partial charge on any atom is -0.494 e. The van der Waals surface area contributed by atoms with E-state index in [0.29, 0.717) is 19.1 Å². The third-order valence-electron chi connectivity index (χ3n) is 3.59. The molecule has 2 aromatic rings. The number of hydrogen-bond donors (Lipinski definition) is 1. The third kappa shape index (κ3) is 2.70. The summed E-state index contributed by atoms with van der Waals surface area (Å²) in [5.41, 5.74) is 10.3. The molecule has 0 radical (unpaired) electrons. The molecule has 1 aromatic heterocycles. The van der Waals surface area contributed by atoms with Crippen molar-refractivity contribution in [1.82, 2.24) is 9.78 Å². The van der Waals surface area contributed by atoms with Crippen molar-refractivity contribution in [2.75, 3.05) is 13.2 Å².